The molecule has 0 radical (unpaired) electrons. The summed E-state index contributed by atoms with van der Waals surface area (Å²) in [5.74, 6) is -1.29. The van der Waals surface area contributed by atoms with E-state index in [2.05, 4.69) is 14.9 Å². The van der Waals surface area contributed by atoms with Crippen molar-refractivity contribution in [2.75, 3.05) is 19.6 Å². The Labute approximate surface area is 178 Å². The SMILES string of the molecule is Cc1c(O)ccc([C@H]2CCC[C@H]3CN(C(=O)c4cnc(C(F)(F)F)nc4)CCN32)c1C. The second kappa shape index (κ2) is 8.11. The molecular formula is C22H25F3N4O2. The van der Waals surface area contributed by atoms with E-state index in [1.165, 1.54) is 5.56 Å². The van der Waals surface area contributed by atoms with Gasteiger partial charge in [-0.15, -0.1) is 0 Å². The lowest BCUT2D eigenvalue weighted by Gasteiger charge is -2.48. The van der Waals surface area contributed by atoms with Crippen LogP contribution in [0.5, 0.6) is 5.75 Å². The number of hydrogen-bond acceptors (Lipinski definition) is 5. The standard InChI is InChI=1S/C22H25F3N4O2/c1-13-14(2)19(30)7-6-17(13)18-5-3-4-16-12-28(8-9-29(16)18)20(31)15-10-26-21(27-11-15)22(23,24)25/h6-7,10-11,16,18,30H,3-5,8-9,12H2,1-2H3/t16-,18+/m0/s1. The van der Waals surface area contributed by atoms with E-state index in [1.54, 1.807) is 11.0 Å². The average molecular weight is 434 g/mol. The van der Waals surface area contributed by atoms with E-state index in [4.69, 9.17) is 0 Å². The molecule has 31 heavy (non-hydrogen) atoms. The van der Waals surface area contributed by atoms with Gasteiger partial charge in [0.15, 0.2) is 0 Å². The number of hydrogen-bond donors (Lipinski definition) is 1. The molecule has 1 aromatic heterocycles. The Morgan fingerprint density at radius 1 is 1.10 bits per heavy atom. The molecule has 0 unspecified atom stereocenters. The molecule has 9 heteroatoms. The molecule has 1 amide bonds. The second-order valence-electron chi connectivity index (χ2n) is 8.31. The molecular weight excluding hydrogens is 409 g/mol. The number of nitrogens with zero attached hydrogens (tertiary/aromatic N) is 4. The van der Waals surface area contributed by atoms with Crippen molar-refractivity contribution < 1.29 is 23.1 Å². The fourth-order valence-corrected chi connectivity index (χ4v) is 4.72. The highest BCUT2D eigenvalue weighted by atomic mass is 19.4. The normalized spacial score (nSPS) is 22.3. The summed E-state index contributed by atoms with van der Waals surface area (Å²) in [7, 11) is 0. The van der Waals surface area contributed by atoms with Gasteiger partial charge in [-0.25, -0.2) is 9.97 Å². The highest BCUT2D eigenvalue weighted by Gasteiger charge is 2.38. The van der Waals surface area contributed by atoms with Crippen LogP contribution in [-0.2, 0) is 6.18 Å². The quantitative estimate of drug-likeness (QED) is 0.777. The van der Waals surface area contributed by atoms with Crippen molar-refractivity contribution in [1.29, 1.82) is 0 Å². The zero-order valence-corrected chi connectivity index (χ0v) is 17.5. The van der Waals surface area contributed by atoms with E-state index >= 15 is 0 Å². The molecule has 2 fully saturated rings. The van der Waals surface area contributed by atoms with Gasteiger partial charge < -0.3 is 10.0 Å². The minimum Gasteiger partial charge on any atom is -0.508 e. The number of fused-ring (bicyclic) bond motifs is 1. The van der Waals surface area contributed by atoms with Crippen molar-refractivity contribution in [3.63, 3.8) is 0 Å². The summed E-state index contributed by atoms with van der Waals surface area (Å²) in [6, 6.07) is 4.14. The molecule has 2 aliphatic heterocycles. The lowest BCUT2D eigenvalue weighted by atomic mass is 9.86. The molecule has 2 aromatic rings. The predicted molar refractivity (Wildman–Crippen MR) is 108 cm³/mol. The summed E-state index contributed by atoms with van der Waals surface area (Å²) in [5.41, 5.74) is 3.25. The number of rotatable bonds is 2. The molecule has 0 saturated carbocycles. The summed E-state index contributed by atoms with van der Waals surface area (Å²) in [4.78, 5) is 23.6. The molecule has 3 heterocycles. The van der Waals surface area contributed by atoms with Crippen LogP contribution < -0.4 is 0 Å². The number of phenolic OH excluding ortho intramolecular Hbond substituents is 1. The zero-order chi connectivity index (χ0) is 22.3. The van der Waals surface area contributed by atoms with E-state index in [0.717, 1.165) is 42.8 Å². The maximum atomic E-state index is 12.8. The third-order valence-electron chi connectivity index (χ3n) is 6.54. The molecule has 0 spiro atoms. The zero-order valence-electron chi connectivity index (χ0n) is 17.5. The largest absolute Gasteiger partial charge is 0.508 e. The van der Waals surface area contributed by atoms with Crippen LogP contribution in [0.1, 0.15) is 58.2 Å². The minimum absolute atomic E-state index is 0.0683. The van der Waals surface area contributed by atoms with Gasteiger partial charge in [-0.1, -0.05) is 6.07 Å². The molecule has 0 bridgehead atoms. The van der Waals surface area contributed by atoms with E-state index < -0.39 is 12.0 Å². The van der Waals surface area contributed by atoms with Crippen molar-refractivity contribution in [2.24, 2.45) is 0 Å². The topological polar surface area (TPSA) is 69.6 Å². The number of carbonyl (C=O) groups is 1. The van der Waals surface area contributed by atoms with E-state index in [0.29, 0.717) is 25.4 Å². The second-order valence-corrected chi connectivity index (χ2v) is 8.31. The molecule has 0 aliphatic carbocycles. The van der Waals surface area contributed by atoms with Crippen LogP contribution >= 0.6 is 0 Å². The first-order valence-electron chi connectivity index (χ1n) is 10.4. The first-order chi connectivity index (χ1) is 14.7. The molecule has 4 rings (SSSR count). The number of benzene rings is 1. The Morgan fingerprint density at radius 3 is 2.48 bits per heavy atom. The number of piperazine rings is 1. The molecule has 2 aliphatic rings. The highest BCUT2D eigenvalue weighted by Crippen LogP contribution is 2.39. The van der Waals surface area contributed by atoms with Gasteiger partial charge in [-0.2, -0.15) is 13.2 Å². The Morgan fingerprint density at radius 2 is 1.81 bits per heavy atom. The molecule has 2 saturated heterocycles. The first kappa shape index (κ1) is 21.5. The number of aromatic nitrogens is 2. The van der Waals surface area contributed by atoms with Crippen LogP contribution in [-0.4, -0.2) is 56.5 Å². The predicted octanol–water partition coefficient (Wildman–Crippen LogP) is 3.87. The van der Waals surface area contributed by atoms with Crippen molar-refractivity contribution in [2.45, 2.75) is 51.4 Å². The van der Waals surface area contributed by atoms with Gasteiger partial charge in [0, 0.05) is 44.1 Å². The van der Waals surface area contributed by atoms with Gasteiger partial charge in [0.1, 0.15) is 5.75 Å². The smallest absolute Gasteiger partial charge is 0.451 e. The number of phenols is 1. The van der Waals surface area contributed by atoms with Crippen molar-refractivity contribution in [1.82, 2.24) is 19.8 Å². The van der Waals surface area contributed by atoms with Gasteiger partial charge >= 0.3 is 6.18 Å². The Kier molecular flexibility index (Phi) is 5.63. The summed E-state index contributed by atoms with van der Waals surface area (Å²) in [6.07, 6.45) is 0.279. The summed E-state index contributed by atoms with van der Waals surface area (Å²) in [5, 5.41) is 9.99. The number of alkyl halides is 3. The van der Waals surface area contributed by atoms with Gasteiger partial charge in [0.05, 0.1) is 5.56 Å². The van der Waals surface area contributed by atoms with Crippen LogP contribution in [0.15, 0.2) is 24.5 Å². The monoisotopic (exact) mass is 434 g/mol. The van der Waals surface area contributed by atoms with E-state index in [9.17, 15) is 23.1 Å². The average Bonchev–Trinajstić information content (AvgIpc) is 2.76. The lowest BCUT2D eigenvalue weighted by Crippen LogP contribution is -2.57. The van der Waals surface area contributed by atoms with Crippen LogP contribution in [0.4, 0.5) is 13.2 Å². The van der Waals surface area contributed by atoms with Crippen molar-refractivity contribution >= 4 is 5.91 Å². The number of piperidine rings is 1. The fraction of sp³-hybridized carbons (Fsp3) is 0.500. The third-order valence-corrected chi connectivity index (χ3v) is 6.54. The maximum absolute atomic E-state index is 12.8. The van der Waals surface area contributed by atoms with E-state index in [-0.39, 0.29) is 23.6 Å². The van der Waals surface area contributed by atoms with Crippen LogP contribution in [0.3, 0.4) is 0 Å². The van der Waals surface area contributed by atoms with Crippen LogP contribution in [0.2, 0.25) is 0 Å². The number of halogens is 3. The summed E-state index contributed by atoms with van der Waals surface area (Å²) >= 11 is 0. The molecule has 1 aromatic carbocycles. The molecule has 166 valence electrons. The Hall–Kier alpha value is -2.68. The van der Waals surface area contributed by atoms with Gasteiger partial charge in [-0.05, 0) is 55.9 Å². The summed E-state index contributed by atoms with van der Waals surface area (Å²) in [6.45, 7) is 5.63. The van der Waals surface area contributed by atoms with Gasteiger partial charge in [0.2, 0.25) is 5.82 Å². The first-order valence-corrected chi connectivity index (χ1v) is 10.4. The Balaban J connectivity index is 1.49. The van der Waals surface area contributed by atoms with E-state index in [1.807, 2.05) is 19.9 Å². The molecule has 2 atom stereocenters. The minimum atomic E-state index is -4.63. The van der Waals surface area contributed by atoms with Gasteiger partial charge in [0.25, 0.3) is 5.91 Å². The number of amides is 1. The Bertz CT molecular complexity index is 978. The third kappa shape index (κ3) is 4.11. The molecule has 1 N–H and O–H groups in total. The fourth-order valence-electron chi connectivity index (χ4n) is 4.72. The maximum Gasteiger partial charge on any atom is 0.451 e. The van der Waals surface area contributed by atoms with Crippen LogP contribution in [0.25, 0.3) is 0 Å². The van der Waals surface area contributed by atoms with Crippen LogP contribution in [0, 0.1) is 13.8 Å². The summed E-state index contributed by atoms with van der Waals surface area (Å²) < 4.78 is 38.0. The number of aromatic hydroxyl groups is 1. The van der Waals surface area contributed by atoms with Crippen molar-refractivity contribution in [3.8, 4) is 5.75 Å². The number of carbonyl (C=O) groups excluding carboxylic acids is 1. The lowest BCUT2D eigenvalue weighted by molar-refractivity contribution is -0.145. The van der Waals surface area contributed by atoms with Crippen molar-refractivity contribution in [3.05, 3.63) is 52.6 Å². The van der Waals surface area contributed by atoms with Gasteiger partial charge in [-0.3, -0.25) is 9.69 Å². The molecule has 6 nitrogen and oxygen atoms in total. The highest BCUT2D eigenvalue weighted by molar-refractivity contribution is 5.93.